The number of benzene rings is 1. The molecule has 0 bridgehead atoms. The minimum atomic E-state index is -1.02. The van der Waals surface area contributed by atoms with Crippen LogP contribution < -0.4 is 15.8 Å². The molecule has 9 nitrogen and oxygen atoms in total. The summed E-state index contributed by atoms with van der Waals surface area (Å²) in [5, 5.41) is 25.2. The van der Waals surface area contributed by atoms with E-state index in [0.29, 0.717) is 12.8 Å². The van der Waals surface area contributed by atoms with E-state index in [-0.39, 0.29) is 35.3 Å². The maximum Gasteiger partial charge on any atom is 0.277 e. The van der Waals surface area contributed by atoms with Gasteiger partial charge in [0.1, 0.15) is 17.5 Å². The van der Waals surface area contributed by atoms with Gasteiger partial charge in [-0.05, 0) is 31.2 Å². The van der Waals surface area contributed by atoms with Gasteiger partial charge in [-0.1, -0.05) is 30.7 Å². The minimum absolute atomic E-state index is 0.100. The van der Waals surface area contributed by atoms with Gasteiger partial charge in [0.05, 0.1) is 17.7 Å². The second-order valence-electron chi connectivity index (χ2n) is 8.90. The molecule has 0 saturated carbocycles. The number of hydrogen-bond acceptors (Lipinski definition) is 6. The van der Waals surface area contributed by atoms with Crippen LogP contribution in [0.15, 0.2) is 29.2 Å². The highest BCUT2D eigenvalue weighted by molar-refractivity contribution is 6.30. The molecule has 1 saturated heterocycles. The Morgan fingerprint density at radius 2 is 2.03 bits per heavy atom. The largest absolute Gasteiger partial charge is 0.502 e. The Labute approximate surface area is 200 Å². The number of rotatable bonds is 3. The Morgan fingerprint density at radius 1 is 1.29 bits per heavy atom. The van der Waals surface area contributed by atoms with E-state index in [1.807, 2.05) is 6.92 Å². The number of aliphatic hydroxyl groups excluding tert-OH is 1. The zero-order chi connectivity index (χ0) is 24.7. The minimum Gasteiger partial charge on any atom is -0.502 e. The predicted octanol–water partition coefficient (Wildman–Crippen LogP) is 1.81. The van der Waals surface area contributed by atoms with Crippen molar-refractivity contribution in [1.82, 2.24) is 14.9 Å². The third-order valence-corrected chi connectivity index (χ3v) is 6.77. The molecule has 3 N–H and O–H groups in total. The molecule has 0 unspecified atom stereocenters. The number of amides is 2. The first-order chi connectivity index (χ1) is 16.1. The second kappa shape index (κ2) is 9.27. The van der Waals surface area contributed by atoms with Crippen LogP contribution >= 0.6 is 11.6 Å². The third kappa shape index (κ3) is 4.23. The Bertz CT molecular complexity index is 1200. The van der Waals surface area contributed by atoms with Crippen molar-refractivity contribution in [1.29, 1.82) is 0 Å². The van der Waals surface area contributed by atoms with Crippen LogP contribution in [0.4, 0.5) is 4.39 Å². The number of halogens is 2. The highest BCUT2D eigenvalue weighted by Gasteiger charge is 2.40. The molecule has 0 radical (unpaired) electrons. The fraction of sp³-hybridized carbons (Fsp3) is 0.435. The molecular formula is C23H26ClFN4O5. The van der Waals surface area contributed by atoms with Gasteiger partial charge in [-0.3, -0.25) is 24.1 Å². The average molecular weight is 493 g/mol. The van der Waals surface area contributed by atoms with Crippen molar-refractivity contribution in [3.8, 4) is 5.75 Å². The smallest absolute Gasteiger partial charge is 0.277 e. The van der Waals surface area contributed by atoms with Gasteiger partial charge in [0.2, 0.25) is 5.43 Å². The van der Waals surface area contributed by atoms with E-state index in [1.165, 1.54) is 34.0 Å². The molecule has 1 aromatic carbocycles. The van der Waals surface area contributed by atoms with Crippen molar-refractivity contribution in [3.05, 3.63) is 62.3 Å². The number of fused-ring (bicyclic) bond motifs is 3. The fourth-order valence-electron chi connectivity index (χ4n) is 4.51. The molecule has 1 fully saturated rings. The Kier molecular flexibility index (Phi) is 6.55. The molecule has 1 aromatic heterocycles. The highest BCUT2D eigenvalue weighted by atomic mass is 35.5. The van der Waals surface area contributed by atoms with E-state index in [0.717, 1.165) is 6.42 Å². The Balaban J connectivity index is 1.72. The molecule has 3 atom stereocenters. The van der Waals surface area contributed by atoms with Crippen molar-refractivity contribution in [2.75, 3.05) is 18.6 Å². The van der Waals surface area contributed by atoms with Crippen LogP contribution in [-0.2, 0) is 6.54 Å². The van der Waals surface area contributed by atoms with Crippen LogP contribution in [0, 0.1) is 11.7 Å². The summed E-state index contributed by atoms with van der Waals surface area (Å²) >= 11 is 5.77. The van der Waals surface area contributed by atoms with Crippen LogP contribution in [-0.4, -0.2) is 57.5 Å². The Hall–Kier alpha value is -3.11. The van der Waals surface area contributed by atoms with Crippen LogP contribution in [0.5, 0.6) is 5.75 Å². The quantitative estimate of drug-likeness (QED) is 0.602. The lowest BCUT2D eigenvalue weighted by Crippen LogP contribution is -2.62. The molecule has 34 heavy (non-hydrogen) atoms. The van der Waals surface area contributed by atoms with E-state index in [9.17, 15) is 29.0 Å². The van der Waals surface area contributed by atoms with Crippen LogP contribution in [0.25, 0.3) is 0 Å². The SMILES string of the molecule is C[C@@H]1CC[C@H](O)CN2[C@@H](C1)N(C)C(=O)c1c(O)c(=O)c(C(=O)NCc3cccc(Cl)c3F)cn12. The summed E-state index contributed by atoms with van der Waals surface area (Å²) in [7, 11) is 1.58. The number of pyridine rings is 1. The lowest BCUT2D eigenvalue weighted by Gasteiger charge is -2.47. The standard InChI is InChI=1S/C23H26ClFN4O5/c1-12-6-7-14(30)10-28-17(8-12)27(2)23(34)19-21(32)20(31)15(11-29(19)28)22(33)26-9-13-4-3-5-16(24)18(13)25/h3-5,11-12,14,17,30,32H,6-10H2,1-2H3,(H,26,33)/t12-,14+,17+/m1/s1. The summed E-state index contributed by atoms with van der Waals surface area (Å²) < 4.78 is 15.5. The summed E-state index contributed by atoms with van der Waals surface area (Å²) in [6.45, 7) is 1.93. The molecular weight excluding hydrogens is 467 g/mol. The molecule has 4 rings (SSSR count). The summed E-state index contributed by atoms with van der Waals surface area (Å²) in [4.78, 5) is 40.2. The number of nitrogens with zero attached hydrogens (tertiary/aromatic N) is 3. The maximum atomic E-state index is 14.2. The fourth-order valence-corrected chi connectivity index (χ4v) is 4.70. The maximum absolute atomic E-state index is 14.2. The Morgan fingerprint density at radius 3 is 2.76 bits per heavy atom. The molecule has 2 amide bonds. The lowest BCUT2D eigenvalue weighted by atomic mass is 9.94. The summed E-state index contributed by atoms with van der Waals surface area (Å²) in [5.74, 6) is -2.75. The van der Waals surface area contributed by atoms with Crippen LogP contribution in [0.1, 0.15) is 52.6 Å². The number of carbonyl (C=O) groups is 2. The molecule has 182 valence electrons. The predicted molar refractivity (Wildman–Crippen MR) is 123 cm³/mol. The lowest BCUT2D eigenvalue weighted by molar-refractivity contribution is 0.0505. The van der Waals surface area contributed by atoms with Gasteiger partial charge in [0.25, 0.3) is 11.8 Å². The van der Waals surface area contributed by atoms with Gasteiger partial charge >= 0.3 is 0 Å². The molecule has 11 heteroatoms. The van der Waals surface area contributed by atoms with E-state index in [2.05, 4.69) is 5.32 Å². The zero-order valence-electron chi connectivity index (χ0n) is 18.8. The molecule has 3 heterocycles. The van der Waals surface area contributed by atoms with Gasteiger partial charge in [0, 0.05) is 25.4 Å². The van der Waals surface area contributed by atoms with Gasteiger partial charge < -0.3 is 20.4 Å². The number of aromatic hydroxyl groups is 1. The first-order valence-corrected chi connectivity index (χ1v) is 11.4. The number of aromatic nitrogens is 1. The summed E-state index contributed by atoms with van der Waals surface area (Å²) in [6, 6.07) is 4.35. The first-order valence-electron chi connectivity index (χ1n) is 11.0. The summed E-state index contributed by atoms with van der Waals surface area (Å²) in [6.07, 6.45) is 2.01. The van der Waals surface area contributed by atoms with E-state index in [4.69, 9.17) is 11.6 Å². The second-order valence-corrected chi connectivity index (χ2v) is 9.31. The van der Waals surface area contributed by atoms with Crippen LogP contribution in [0.3, 0.4) is 0 Å². The van der Waals surface area contributed by atoms with E-state index in [1.54, 1.807) is 12.1 Å². The molecule has 2 aliphatic rings. The van der Waals surface area contributed by atoms with Crippen molar-refractivity contribution < 1.29 is 24.2 Å². The molecule has 2 aliphatic heterocycles. The first kappa shape index (κ1) is 24.0. The number of aliphatic hydroxyl groups is 1. The van der Waals surface area contributed by atoms with E-state index >= 15 is 0 Å². The highest BCUT2D eigenvalue weighted by Crippen LogP contribution is 2.30. The van der Waals surface area contributed by atoms with Crippen LogP contribution in [0.2, 0.25) is 5.02 Å². The van der Waals surface area contributed by atoms with Gasteiger partial charge in [-0.25, -0.2) is 4.39 Å². The van der Waals surface area contributed by atoms with Crippen molar-refractivity contribution in [3.63, 3.8) is 0 Å². The summed E-state index contributed by atoms with van der Waals surface area (Å²) in [5.41, 5.74) is -1.58. The van der Waals surface area contributed by atoms with Gasteiger partial charge in [0.15, 0.2) is 11.4 Å². The average Bonchev–Trinajstić information content (AvgIpc) is 2.79. The van der Waals surface area contributed by atoms with Crippen molar-refractivity contribution >= 4 is 23.4 Å². The topological polar surface area (TPSA) is 115 Å². The molecule has 2 aromatic rings. The number of hydrogen-bond donors (Lipinski definition) is 3. The van der Waals surface area contributed by atoms with Crippen molar-refractivity contribution in [2.24, 2.45) is 5.92 Å². The van der Waals surface area contributed by atoms with Gasteiger partial charge in [-0.2, -0.15) is 0 Å². The third-order valence-electron chi connectivity index (χ3n) is 6.47. The monoisotopic (exact) mass is 492 g/mol. The molecule has 0 aliphatic carbocycles. The zero-order valence-corrected chi connectivity index (χ0v) is 19.5. The number of carbonyl (C=O) groups excluding carboxylic acids is 2. The van der Waals surface area contributed by atoms with E-state index < -0.39 is 46.6 Å². The normalized spacial score (nSPS) is 22.5. The number of nitrogens with one attached hydrogen (secondary N) is 1. The van der Waals surface area contributed by atoms with Crippen molar-refractivity contribution in [2.45, 2.75) is 45.0 Å². The molecule has 0 spiro atoms. The van der Waals surface area contributed by atoms with Gasteiger partial charge in [-0.15, -0.1) is 0 Å².